The monoisotopic (exact) mass is 437 g/mol. The molecule has 3 aromatic rings. The molecular formula is C22H24ClN7O. The molecule has 0 saturated carbocycles. The Morgan fingerprint density at radius 1 is 1.29 bits per heavy atom. The van der Waals surface area contributed by atoms with Crippen LogP contribution >= 0.6 is 11.6 Å². The van der Waals surface area contributed by atoms with Gasteiger partial charge in [0, 0.05) is 31.5 Å². The molecule has 1 aliphatic heterocycles. The normalized spacial score (nSPS) is 16.2. The highest BCUT2D eigenvalue weighted by atomic mass is 35.5. The van der Waals surface area contributed by atoms with Gasteiger partial charge in [0.2, 0.25) is 0 Å². The molecule has 0 radical (unpaired) electrons. The Kier molecular flexibility index (Phi) is 6.01. The summed E-state index contributed by atoms with van der Waals surface area (Å²) in [6.07, 6.45) is 6.87. The zero-order valence-corrected chi connectivity index (χ0v) is 17.9. The van der Waals surface area contributed by atoms with Crippen LogP contribution in [0.3, 0.4) is 0 Å². The van der Waals surface area contributed by atoms with Gasteiger partial charge in [-0.25, -0.2) is 4.98 Å². The number of anilines is 3. The molecule has 4 rings (SSSR count). The van der Waals surface area contributed by atoms with Crippen LogP contribution in [0.25, 0.3) is 11.4 Å². The van der Waals surface area contributed by atoms with Gasteiger partial charge in [0.25, 0.3) is 5.91 Å². The number of carbonyl (C=O) groups is 1. The van der Waals surface area contributed by atoms with Gasteiger partial charge in [-0.2, -0.15) is 0 Å². The summed E-state index contributed by atoms with van der Waals surface area (Å²) in [5.41, 5.74) is 16.1. The van der Waals surface area contributed by atoms with Gasteiger partial charge in [0.15, 0.2) is 5.69 Å². The number of piperidine rings is 1. The van der Waals surface area contributed by atoms with Gasteiger partial charge in [0.05, 0.1) is 39.7 Å². The third-order valence-corrected chi connectivity index (χ3v) is 5.48. The van der Waals surface area contributed by atoms with Crippen molar-refractivity contribution < 1.29 is 4.79 Å². The van der Waals surface area contributed by atoms with Gasteiger partial charge >= 0.3 is 0 Å². The number of carbonyl (C=O) groups excluding carboxylic acids is 1. The highest BCUT2D eigenvalue weighted by Crippen LogP contribution is 2.29. The summed E-state index contributed by atoms with van der Waals surface area (Å²) >= 11 is 6.00. The van der Waals surface area contributed by atoms with Gasteiger partial charge in [0.1, 0.15) is 0 Å². The minimum absolute atomic E-state index is 0.106. The molecular weight excluding hydrogens is 414 g/mol. The lowest BCUT2D eigenvalue weighted by molar-refractivity contribution is 0.102. The van der Waals surface area contributed by atoms with E-state index in [1.165, 1.54) is 0 Å². The molecule has 0 spiro atoms. The van der Waals surface area contributed by atoms with Crippen LogP contribution in [0.1, 0.15) is 28.9 Å². The molecule has 3 aromatic heterocycles. The van der Waals surface area contributed by atoms with E-state index in [0.29, 0.717) is 22.1 Å². The standard InChI is InChI=1S/C22H24ClN7O/c1-13-9-14(23)10-27-20(13)17-5-4-16(25)21(28-17)22(31)29-18-11-26-7-6-19(18)30-8-2-3-15(24)12-30/h4-7,9-11,15H,2-3,8,12,24-25H2,1H3,(H,29,31). The van der Waals surface area contributed by atoms with Crippen molar-refractivity contribution in [3.8, 4) is 11.4 Å². The van der Waals surface area contributed by atoms with Crippen molar-refractivity contribution in [1.82, 2.24) is 15.0 Å². The molecule has 5 N–H and O–H groups in total. The fourth-order valence-corrected chi connectivity index (χ4v) is 3.97. The van der Waals surface area contributed by atoms with Crippen molar-refractivity contribution in [3.63, 3.8) is 0 Å². The van der Waals surface area contributed by atoms with Crippen LogP contribution < -0.4 is 21.7 Å². The number of aryl methyl sites for hydroxylation is 1. The molecule has 1 saturated heterocycles. The van der Waals surface area contributed by atoms with Gasteiger partial charge in [-0.15, -0.1) is 0 Å². The second-order valence-electron chi connectivity index (χ2n) is 7.65. The van der Waals surface area contributed by atoms with E-state index in [-0.39, 0.29) is 17.4 Å². The molecule has 0 bridgehead atoms. The summed E-state index contributed by atoms with van der Waals surface area (Å²) in [6, 6.07) is 7.17. The maximum Gasteiger partial charge on any atom is 0.276 e. The second-order valence-corrected chi connectivity index (χ2v) is 8.09. The molecule has 31 heavy (non-hydrogen) atoms. The van der Waals surface area contributed by atoms with Gasteiger partial charge in [-0.1, -0.05) is 11.6 Å². The Morgan fingerprint density at radius 3 is 2.90 bits per heavy atom. The zero-order valence-electron chi connectivity index (χ0n) is 17.2. The number of rotatable bonds is 4. The molecule has 1 fully saturated rings. The van der Waals surface area contributed by atoms with Crippen molar-refractivity contribution >= 4 is 34.6 Å². The summed E-state index contributed by atoms with van der Waals surface area (Å²) in [4.78, 5) is 28.3. The molecule has 0 aliphatic carbocycles. The first-order valence-electron chi connectivity index (χ1n) is 10.1. The number of amides is 1. The van der Waals surface area contributed by atoms with Crippen LogP contribution in [0.5, 0.6) is 0 Å². The Bertz CT molecular complexity index is 1120. The van der Waals surface area contributed by atoms with E-state index in [9.17, 15) is 4.79 Å². The molecule has 1 unspecified atom stereocenters. The van der Waals surface area contributed by atoms with E-state index in [2.05, 4.69) is 25.2 Å². The zero-order chi connectivity index (χ0) is 22.0. The van der Waals surface area contributed by atoms with Gasteiger partial charge in [-0.05, 0) is 49.6 Å². The minimum atomic E-state index is -0.415. The van der Waals surface area contributed by atoms with Gasteiger partial charge < -0.3 is 21.7 Å². The molecule has 1 atom stereocenters. The van der Waals surface area contributed by atoms with E-state index in [4.69, 9.17) is 23.1 Å². The summed E-state index contributed by atoms with van der Waals surface area (Å²) in [6.45, 7) is 3.49. The molecule has 1 aliphatic rings. The lowest BCUT2D eigenvalue weighted by Gasteiger charge is -2.33. The second kappa shape index (κ2) is 8.87. The summed E-state index contributed by atoms with van der Waals surface area (Å²) in [7, 11) is 0. The fraction of sp³-hybridized carbons (Fsp3) is 0.273. The van der Waals surface area contributed by atoms with E-state index >= 15 is 0 Å². The van der Waals surface area contributed by atoms with Crippen LogP contribution in [0.15, 0.2) is 42.9 Å². The minimum Gasteiger partial charge on any atom is -0.397 e. The summed E-state index contributed by atoms with van der Waals surface area (Å²) in [5.74, 6) is -0.415. The highest BCUT2D eigenvalue weighted by Gasteiger charge is 2.21. The number of aromatic nitrogens is 3. The Hall–Kier alpha value is -3.23. The number of nitrogens with one attached hydrogen (secondary N) is 1. The maximum atomic E-state index is 13.1. The Labute approximate surface area is 185 Å². The summed E-state index contributed by atoms with van der Waals surface area (Å²) < 4.78 is 0. The maximum absolute atomic E-state index is 13.1. The first-order valence-corrected chi connectivity index (χ1v) is 10.4. The third-order valence-electron chi connectivity index (χ3n) is 5.27. The van der Waals surface area contributed by atoms with Gasteiger partial charge in [-0.3, -0.25) is 14.8 Å². The predicted octanol–water partition coefficient (Wildman–Crippen LogP) is 3.26. The average Bonchev–Trinajstić information content (AvgIpc) is 2.75. The lowest BCUT2D eigenvalue weighted by atomic mass is 10.1. The molecule has 9 heteroatoms. The largest absolute Gasteiger partial charge is 0.397 e. The molecule has 160 valence electrons. The molecule has 4 heterocycles. The number of halogens is 1. The van der Waals surface area contributed by atoms with Crippen molar-refractivity contribution in [1.29, 1.82) is 0 Å². The molecule has 1 amide bonds. The fourth-order valence-electron chi connectivity index (χ4n) is 3.76. The highest BCUT2D eigenvalue weighted by molar-refractivity contribution is 6.30. The average molecular weight is 438 g/mol. The van der Waals surface area contributed by atoms with Crippen LogP contribution in [0.2, 0.25) is 5.02 Å². The smallest absolute Gasteiger partial charge is 0.276 e. The number of nitrogen functional groups attached to an aromatic ring is 1. The van der Waals surface area contributed by atoms with Crippen LogP contribution in [0, 0.1) is 6.92 Å². The van der Waals surface area contributed by atoms with Crippen LogP contribution in [0.4, 0.5) is 17.1 Å². The van der Waals surface area contributed by atoms with E-state index in [0.717, 1.165) is 37.2 Å². The van der Waals surface area contributed by atoms with E-state index in [1.54, 1.807) is 36.8 Å². The number of nitrogens with two attached hydrogens (primary N) is 2. The molecule has 0 aromatic carbocycles. The van der Waals surface area contributed by atoms with Crippen molar-refractivity contribution in [3.05, 3.63) is 59.1 Å². The van der Waals surface area contributed by atoms with Crippen LogP contribution in [-0.4, -0.2) is 40.0 Å². The SMILES string of the molecule is Cc1cc(Cl)cnc1-c1ccc(N)c(C(=O)Nc2cnccc2N2CCCC(N)C2)n1. The van der Waals surface area contributed by atoms with E-state index < -0.39 is 5.91 Å². The quantitative estimate of drug-likeness (QED) is 0.572. The first-order chi connectivity index (χ1) is 14.9. The number of hydrogen-bond acceptors (Lipinski definition) is 7. The first kappa shape index (κ1) is 21.0. The number of nitrogens with zero attached hydrogens (tertiary/aromatic N) is 4. The van der Waals surface area contributed by atoms with Crippen molar-refractivity contribution in [2.45, 2.75) is 25.8 Å². The third kappa shape index (κ3) is 4.60. The Balaban J connectivity index is 1.63. The Morgan fingerprint density at radius 2 is 2.13 bits per heavy atom. The molecule has 8 nitrogen and oxygen atoms in total. The van der Waals surface area contributed by atoms with Crippen molar-refractivity contribution in [2.24, 2.45) is 5.73 Å². The number of pyridine rings is 3. The predicted molar refractivity (Wildman–Crippen MR) is 123 cm³/mol. The topological polar surface area (TPSA) is 123 Å². The van der Waals surface area contributed by atoms with E-state index in [1.807, 2.05) is 13.0 Å². The number of hydrogen-bond donors (Lipinski definition) is 3. The van der Waals surface area contributed by atoms with Crippen molar-refractivity contribution in [2.75, 3.05) is 29.0 Å². The lowest BCUT2D eigenvalue weighted by Crippen LogP contribution is -2.43. The summed E-state index contributed by atoms with van der Waals surface area (Å²) in [5, 5.41) is 3.45. The van der Waals surface area contributed by atoms with Crippen LogP contribution in [-0.2, 0) is 0 Å².